The summed E-state index contributed by atoms with van der Waals surface area (Å²) in [5.74, 6) is 1.14. The van der Waals surface area contributed by atoms with E-state index in [2.05, 4.69) is 16.6 Å². The minimum atomic E-state index is -1.11. The van der Waals surface area contributed by atoms with Crippen LogP contribution in [0.4, 0.5) is 4.79 Å². The fourth-order valence-electron chi connectivity index (χ4n) is 2.23. The summed E-state index contributed by atoms with van der Waals surface area (Å²) in [6, 6.07) is -1.38. The molecule has 0 aliphatic heterocycles. The zero-order chi connectivity index (χ0) is 14.3. The molecule has 1 aliphatic carbocycles. The molecule has 3 N–H and O–H groups in total. The van der Waals surface area contributed by atoms with Gasteiger partial charge in [0.15, 0.2) is 0 Å². The number of carboxylic acid groups (broad SMARTS) is 1. The fourth-order valence-corrected chi connectivity index (χ4v) is 3.17. The molecule has 0 aromatic carbocycles. The summed E-state index contributed by atoms with van der Waals surface area (Å²) >= 11 is 1.74. The Morgan fingerprint density at radius 3 is 2.74 bits per heavy atom. The highest BCUT2D eigenvalue weighted by Gasteiger charge is 2.27. The van der Waals surface area contributed by atoms with Gasteiger partial charge in [-0.05, 0) is 19.1 Å². The summed E-state index contributed by atoms with van der Waals surface area (Å²) in [5.41, 5.74) is 0. The van der Waals surface area contributed by atoms with Gasteiger partial charge in [-0.25, -0.2) is 9.59 Å². The van der Waals surface area contributed by atoms with Gasteiger partial charge in [-0.15, -0.1) is 12.3 Å². The Hall–Kier alpha value is -1.35. The molecule has 1 fully saturated rings. The number of urea groups is 1. The van der Waals surface area contributed by atoms with Crippen LogP contribution in [0.25, 0.3) is 0 Å². The Balaban J connectivity index is 2.49. The molecule has 3 unspecified atom stereocenters. The van der Waals surface area contributed by atoms with E-state index in [1.165, 1.54) is 6.42 Å². The maximum absolute atomic E-state index is 11.8. The Kier molecular flexibility index (Phi) is 6.57. The summed E-state index contributed by atoms with van der Waals surface area (Å²) in [6.45, 7) is 0. The van der Waals surface area contributed by atoms with Crippen LogP contribution in [0.2, 0.25) is 0 Å². The van der Waals surface area contributed by atoms with Crippen molar-refractivity contribution in [1.82, 2.24) is 10.6 Å². The van der Waals surface area contributed by atoms with Crippen LogP contribution in [-0.2, 0) is 4.79 Å². The molecule has 1 aliphatic rings. The number of carbonyl (C=O) groups is 2. The van der Waals surface area contributed by atoms with Gasteiger partial charge in [0.1, 0.15) is 6.04 Å². The number of thioether (sulfide) groups is 1. The minimum Gasteiger partial charge on any atom is -0.480 e. The molecule has 0 aromatic rings. The quantitative estimate of drug-likeness (QED) is 0.667. The third-order valence-electron chi connectivity index (χ3n) is 3.25. The summed E-state index contributed by atoms with van der Waals surface area (Å²) < 4.78 is 0. The predicted molar refractivity (Wildman–Crippen MR) is 76.1 cm³/mol. The van der Waals surface area contributed by atoms with Crippen molar-refractivity contribution >= 4 is 23.8 Å². The van der Waals surface area contributed by atoms with Gasteiger partial charge in [-0.2, -0.15) is 11.8 Å². The lowest BCUT2D eigenvalue weighted by Crippen LogP contribution is -2.52. The number of carbonyl (C=O) groups excluding carboxylic acids is 1. The normalized spacial score (nSPS) is 24.0. The van der Waals surface area contributed by atoms with Crippen LogP contribution in [0.1, 0.15) is 32.1 Å². The van der Waals surface area contributed by atoms with Crippen LogP contribution in [-0.4, -0.2) is 40.7 Å². The molecule has 0 spiro atoms. The molecule has 0 bridgehead atoms. The maximum Gasteiger partial charge on any atom is 0.327 e. The first kappa shape index (κ1) is 15.7. The molecule has 19 heavy (non-hydrogen) atoms. The van der Waals surface area contributed by atoms with Crippen molar-refractivity contribution in [2.45, 2.75) is 49.4 Å². The van der Waals surface area contributed by atoms with Crippen LogP contribution in [0.5, 0.6) is 0 Å². The van der Waals surface area contributed by atoms with Crippen molar-refractivity contribution in [3.05, 3.63) is 0 Å². The second-order valence-corrected chi connectivity index (χ2v) is 5.66. The Morgan fingerprint density at radius 1 is 1.47 bits per heavy atom. The maximum atomic E-state index is 11.8. The molecule has 6 heteroatoms. The van der Waals surface area contributed by atoms with E-state index >= 15 is 0 Å². The lowest BCUT2D eigenvalue weighted by atomic mass is 9.95. The lowest BCUT2D eigenvalue weighted by molar-refractivity contribution is -0.139. The molecule has 5 nitrogen and oxygen atoms in total. The molecule has 2 amide bonds. The molecule has 106 valence electrons. The highest BCUT2D eigenvalue weighted by molar-refractivity contribution is 7.99. The smallest absolute Gasteiger partial charge is 0.327 e. The predicted octanol–water partition coefficient (Wildman–Crippen LogP) is 1.44. The fraction of sp³-hybridized carbons (Fsp3) is 0.692. The van der Waals surface area contributed by atoms with Crippen LogP contribution >= 0.6 is 11.8 Å². The van der Waals surface area contributed by atoms with Gasteiger partial charge in [0.25, 0.3) is 0 Å². The molecule has 0 radical (unpaired) electrons. The largest absolute Gasteiger partial charge is 0.480 e. The molecule has 0 saturated heterocycles. The van der Waals surface area contributed by atoms with Gasteiger partial charge in [0.2, 0.25) is 0 Å². The van der Waals surface area contributed by atoms with Crippen molar-refractivity contribution in [1.29, 1.82) is 0 Å². The number of amides is 2. The van der Waals surface area contributed by atoms with Crippen molar-refractivity contribution < 1.29 is 14.7 Å². The molecule has 0 aromatic heterocycles. The second-order valence-electron chi connectivity index (χ2n) is 4.58. The van der Waals surface area contributed by atoms with Crippen molar-refractivity contribution in [3.63, 3.8) is 0 Å². The summed E-state index contributed by atoms with van der Waals surface area (Å²) in [7, 11) is 0. The number of terminal acetylenes is 1. The third kappa shape index (κ3) is 5.03. The zero-order valence-electron chi connectivity index (χ0n) is 11.0. The first-order valence-corrected chi connectivity index (χ1v) is 7.63. The zero-order valence-corrected chi connectivity index (χ0v) is 11.8. The van der Waals surface area contributed by atoms with Gasteiger partial charge >= 0.3 is 12.0 Å². The van der Waals surface area contributed by atoms with Gasteiger partial charge in [0, 0.05) is 17.7 Å². The standard InChI is InChI=1S/C13H20N2O3S/c1-3-6-10(12(16)17)15-13(18)14-9-7-4-5-8-11(9)19-2/h1,9-11H,4-8H2,2H3,(H,16,17)(H2,14,15,18). The number of aliphatic carboxylic acids is 1. The number of nitrogens with one attached hydrogen (secondary N) is 2. The molecule has 0 heterocycles. The van der Waals surface area contributed by atoms with Gasteiger partial charge < -0.3 is 15.7 Å². The van der Waals surface area contributed by atoms with Crippen molar-refractivity contribution in [3.8, 4) is 12.3 Å². The first-order chi connectivity index (χ1) is 9.08. The van der Waals surface area contributed by atoms with E-state index in [-0.39, 0.29) is 12.5 Å². The summed E-state index contributed by atoms with van der Waals surface area (Å²) in [4.78, 5) is 22.7. The van der Waals surface area contributed by atoms with Crippen molar-refractivity contribution in [2.24, 2.45) is 0 Å². The van der Waals surface area contributed by atoms with E-state index in [0.29, 0.717) is 5.25 Å². The van der Waals surface area contributed by atoms with Crippen LogP contribution in [0, 0.1) is 12.3 Å². The third-order valence-corrected chi connectivity index (χ3v) is 4.42. The van der Waals surface area contributed by atoms with Gasteiger partial charge in [-0.3, -0.25) is 0 Å². The van der Waals surface area contributed by atoms with Gasteiger partial charge in [-0.1, -0.05) is 12.8 Å². The minimum absolute atomic E-state index is 0.0145. The van der Waals surface area contributed by atoms with Crippen LogP contribution in [0.15, 0.2) is 0 Å². The second kappa shape index (κ2) is 7.95. The van der Waals surface area contributed by atoms with E-state index in [1.54, 1.807) is 11.8 Å². The van der Waals surface area contributed by atoms with Crippen LogP contribution < -0.4 is 10.6 Å². The van der Waals surface area contributed by atoms with Crippen LogP contribution in [0.3, 0.4) is 0 Å². The Labute approximate surface area is 117 Å². The number of hydrogen-bond donors (Lipinski definition) is 3. The summed E-state index contributed by atoms with van der Waals surface area (Å²) in [6.07, 6.45) is 11.4. The molecular formula is C13H20N2O3S. The Bertz CT molecular complexity index is 367. The Morgan fingerprint density at radius 2 is 2.16 bits per heavy atom. The van der Waals surface area contributed by atoms with E-state index in [0.717, 1.165) is 19.3 Å². The number of hydrogen-bond acceptors (Lipinski definition) is 3. The molecule has 1 rings (SSSR count). The van der Waals surface area contributed by atoms with E-state index < -0.39 is 18.0 Å². The molecule has 3 atom stereocenters. The monoisotopic (exact) mass is 284 g/mol. The average molecular weight is 284 g/mol. The highest BCUT2D eigenvalue weighted by Crippen LogP contribution is 2.26. The number of rotatable bonds is 5. The molecule has 1 saturated carbocycles. The number of carboxylic acids is 1. The highest BCUT2D eigenvalue weighted by atomic mass is 32.2. The lowest BCUT2D eigenvalue weighted by Gasteiger charge is -2.31. The van der Waals surface area contributed by atoms with Crippen molar-refractivity contribution in [2.75, 3.05) is 6.26 Å². The summed E-state index contributed by atoms with van der Waals surface area (Å²) in [5, 5.41) is 14.6. The van der Waals surface area contributed by atoms with E-state index in [9.17, 15) is 9.59 Å². The first-order valence-electron chi connectivity index (χ1n) is 6.34. The topological polar surface area (TPSA) is 78.4 Å². The van der Waals surface area contributed by atoms with E-state index in [1.807, 2.05) is 6.26 Å². The SMILES string of the molecule is C#CCC(NC(=O)NC1CCCCC1SC)C(=O)O. The molecular weight excluding hydrogens is 264 g/mol. The van der Waals surface area contributed by atoms with Gasteiger partial charge in [0.05, 0.1) is 0 Å². The average Bonchev–Trinajstić information content (AvgIpc) is 2.38. The van der Waals surface area contributed by atoms with E-state index in [4.69, 9.17) is 11.5 Å².